The summed E-state index contributed by atoms with van der Waals surface area (Å²) in [6, 6.07) is 16.2. The highest BCUT2D eigenvalue weighted by Gasteiger charge is 2.12. The number of ether oxygens (including phenoxy) is 2. The van der Waals surface area contributed by atoms with E-state index in [0.717, 1.165) is 39.6 Å². The molecule has 0 saturated carbocycles. The number of hydrogen-bond donors (Lipinski definition) is 0. The number of rotatable bonds is 6. The van der Waals surface area contributed by atoms with Crippen LogP contribution in [0, 0.1) is 6.92 Å². The molecule has 4 rings (SSSR count). The fraction of sp³-hybridized carbons (Fsp3) is 0.280. The Morgan fingerprint density at radius 1 is 0.767 bits per heavy atom. The third kappa shape index (κ3) is 4.15. The van der Waals surface area contributed by atoms with Gasteiger partial charge < -0.3 is 9.47 Å². The molecule has 0 unspecified atom stereocenters. The molecule has 30 heavy (non-hydrogen) atoms. The predicted molar refractivity (Wildman–Crippen MR) is 120 cm³/mol. The molecule has 0 atom stereocenters. The molecule has 5 nitrogen and oxygen atoms in total. The van der Waals surface area contributed by atoms with Gasteiger partial charge in [-0.2, -0.15) is 0 Å². The van der Waals surface area contributed by atoms with Gasteiger partial charge in [-0.05, 0) is 76.6 Å². The van der Waals surface area contributed by atoms with Crippen molar-refractivity contribution in [3.8, 4) is 33.9 Å². The zero-order valence-electron chi connectivity index (χ0n) is 18.1. The van der Waals surface area contributed by atoms with Gasteiger partial charge in [0.25, 0.3) is 0 Å². The first-order valence-electron chi connectivity index (χ1n) is 10.3. The van der Waals surface area contributed by atoms with Crippen LogP contribution < -0.4 is 9.47 Å². The zero-order chi connectivity index (χ0) is 21.3. The van der Waals surface area contributed by atoms with Crippen LogP contribution in [0.1, 0.15) is 33.4 Å². The first-order valence-corrected chi connectivity index (χ1v) is 10.3. The van der Waals surface area contributed by atoms with Crippen LogP contribution in [0.25, 0.3) is 28.2 Å². The van der Waals surface area contributed by atoms with Crippen LogP contribution in [0.3, 0.4) is 0 Å². The highest BCUT2D eigenvalue weighted by molar-refractivity contribution is 5.70. The Morgan fingerprint density at radius 3 is 1.83 bits per heavy atom. The molecule has 2 aromatic heterocycles. The van der Waals surface area contributed by atoms with Gasteiger partial charge in [-0.3, -0.25) is 4.40 Å². The molecule has 4 aromatic rings. The summed E-state index contributed by atoms with van der Waals surface area (Å²) < 4.78 is 13.6. The van der Waals surface area contributed by atoms with Gasteiger partial charge in [0, 0.05) is 17.3 Å². The Bertz CT molecular complexity index is 1140. The lowest BCUT2D eigenvalue weighted by atomic mass is 10.1. The molecule has 2 aromatic carbocycles. The number of aromatic nitrogens is 3. The Labute approximate surface area is 177 Å². The zero-order valence-corrected chi connectivity index (χ0v) is 18.1. The Kier molecular flexibility index (Phi) is 5.44. The van der Waals surface area contributed by atoms with Crippen molar-refractivity contribution in [2.75, 3.05) is 0 Å². The van der Waals surface area contributed by atoms with E-state index in [1.165, 1.54) is 0 Å². The first kappa shape index (κ1) is 20.0. The molecule has 0 aliphatic carbocycles. The lowest BCUT2D eigenvalue weighted by Gasteiger charge is -2.12. The summed E-state index contributed by atoms with van der Waals surface area (Å²) in [5.41, 5.74) is 5.17. The van der Waals surface area contributed by atoms with Gasteiger partial charge in [-0.1, -0.05) is 12.1 Å². The average Bonchev–Trinajstić information content (AvgIpc) is 3.10. The summed E-state index contributed by atoms with van der Waals surface area (Å²) >= 11 is 0. The fourth-order valence-electron chi connectivity index (χ4n) is 3.45. The van der Waals surface area contributed by atoms with Crippen LogP contribution in [-0.2, 0) is 0 Å². The van der Waals surface area contributed by atoms with Gasteiger partial charge >= 0.3 is 0 Å². The van der Waals surface area contributed by atoms with E-state index in [1.807, 2.05) is 69.5 Å². The minimum Gasteiger partial charge on any atom is -0.491 e. The van der Waals surface area contributed by atoms with Crippen molar-refractivity contribution in [2.45, 2.75) is 46.8 Å². The SMILES string of the molecule is Cc1nc2ncc(-c3ccc(OC(C)C)cc3)n2cc1-c1ccc(OC(C)C)cc1. The topological polar surface area (TPSA) is 48.7 Å². The summed E-state index contributed by atoms with van der Waals surface area (Å²) in [5, 5.41) is 0. The molecular formula is C25H27N3O2. The van der Waals surface area contributed by atoms with Crippen molar-refractivity contribution in [3.05, 3.63) is 66.6 Å². The van der Waals surface area contributed by atoms with Crippen LogP contribution >= 0.6 is 0 Å². The summed E-state index contributed by atoms with van der Waals surface area (Å²) in [6.07, 6.45) is 4.28. The summed E-state index contributed by atoms with van der Waals surface area (Å²) in [6.45, 7) is 10.1. The molecule has 0 bridgehead atoms. The fourth-order valence-corrected chi connectivity index (χ4v) is 3.45. The first-order chi connectivity index (χ1) is 14.4. The van der Waals surface area contributed by atoms with Gasteiger partial charge in [0.05, 0.1) is 29.8 Å². The van der Waals surface area contributed by atoms with E-state index >= 15 is 0 Å². The Hall–Kier alpha value is -3.34. The highest BCUT2D eigenvalue weighted by atomic mass is 16.5. The maximum absolute atomic E-state index is 5.76. The van der Waals surface area contributed by atoms with E-state index < -0.39 is 0 Å². The molecule has 0 fully saturated rings. The van der Waals surface area contributed by atoms with Crippen LogP contribution in [0.15, 0.2) is 60.9 Å². The Balaban J connectivity index is 1.71. The van der Waals surface area contributed by atoms with Crippen molar-refractivity contribution in [2.24, 2.45) is 0 Å². The van der Waals surface area contributed by atoms with Crippen molar-refractivity contribution in [1.82, 2.24) is 14.4 Å². The predicted octanol–water partition coefficient (Wildman–Crippen LogP) is 5.95. The van der Waals surface area contributed by atoms with Gasteiger partial charge in [-0.15, -0.1) is 0 Å². The second-order valence-electron chi connectivity index (χ2n) is 7.94. The van der Waals surface area contributed by atoms with E-state index in [4.69, 9.17) is 14.5 Å². The maximum Gasteiger partial charge on any atom is 0.234 e. The second kappa shape index (κ2) is 8.19. The van der Waals surface area contributed by atoms with E-state index in [1.54, 1.807) is 0 Å². The minimum absolute atomic E-state index is 0.152. The maximum atomic E-state index is 5.76. The van der Waals surface area contributed by atoms with E-state index in [9.17, 15) is 0 Å². The van der Waals surface area contributed by atoms with E-state index in [2.05, 4.69) is 35.4 Å². The van der Waals surface area contributed by atoms with E-state index in [0.29, 0.717) is 5.78 Å². The van der Waals surface area contributed by atoms with Crippen molar-refractivity contribution in [1.29, 1.82) is 0 Å². The summed E-state index contributed by atoms with van der Waals surface area (Å²) in [4.78, 5) is 9.23. The summed E-state index contributed by atoms with van der Waals surface area (Å²) in [7, 11) is 0. The van der Waals surface area contributed by atoms with Gasteiger partial charge in [0.15, 0.2) is 0 Å². The van der Waals surface area contributed by atoms with Crippen LogP contribution in [0.5, 0.6) is 11.5 Å². The molecule has 5 heteroatoms. The lowest BCUT2D eigenvalue weighted by molar-refractivity contribution is 0.242. The van der Waals surface area contributed by atoms with Crippen LogP contribution in [0.4, 0.5) is 0 Å². The van der Waals surface area contributed by atoms with Gasteiger partial charge in [0.2, 0.25) is 5.78 Å². The van der Waals surface area contributed by atoms with Gasteiger partial charge in [0.1, 0.15) is 11.5 Å². The molecule has 154 valence electrons. The summed E-state index contributed by atoms with van der Waals surface area (Å²) in [5.74, 6) is 2.42. The number of nitrogens with zero attached hydrogens (tertiary/aromatic N) is 3. The molecule has 0 amide bonds. The molecule has 0 aliphatic heterocycles. The third-order valence-electron chi connectivity index (χ3n) is 4.75. The van der Waals surface area contributed by atoms with Gasteiger partial charge in [-0.25, -0.2) is 9.97 Å². The normalized spacial score (nSPS) is 11.4. The number of benzene rings is 2. The molecule has 0 aliphatic rings. The minimum atomic E-state index is 0.152. The number of hydrogen-bond acceptors (Lipinski definition) is 4. The Morgan fingerprint density at radius 2 is 1.30 bits per heavy atom. The smallest absolute Gasteiger partial charge is 0.234 e. The van der Waals surface area contributed by atoms with Crippen LogP contribution in [-0.4, -0.2) is 26.6 Å². The molecule has 0 spiro atoms. The number of aryl methyl sites for hydroxylation is 1. The average molecular weight is 402 g/mol. The molecular weight excluding hydrogens is 374 g/mol. The van der Waals surface area contributed by atoms with Crippen molar-refractivity contribution in [3.63, 3.8) is 0 Å². The highest BCUT2D eigenvalue weighted by Crippen LogP contribution is 2.29. The molecule has 0 saturated heterocycles. The molecule has 0 N–H and O–H groups in total. The van der Waals surface area contributed by atoms with Crippen molar-refractivity contribution >= 4 is 5.78 Å². The monoisotopic (exact) mass is 401 g/mol. The third-order valence-corrected chi connectivity index (χ3v) is 4.75. The standard InChI is InChI=1S/C25H27N3O2/c1-16(2)29-21-10-6-19(7-11-21)23-15-28-24(14-26-25(28)27-18(23)5)20-8-12-22(13-9-20)30-17(3)4/h6-17H,1-5H3. The van der Waals surface area contributed by atoms with Crippen molar-refractivity contribution < 1.29 is 9.47 Å². The molecule has 0 radical (unpaired) electrons. The quantitative estimate of drug-likeness (QED) is 0.401. The second-order valence-corrected chi connectivity index (χ2v) is 7.94. The number of fused-ring (bicyclic) bond motifs is 1. The lowest BCUT2D eigenvalue weighted by Crippen LogP contribution is -2.05. The molecule has 2 heterocycles. The van der Waals surface area contributed by atoms with E-state index in [-0.39, 0.29) is 12.2 Å². The largest absolute Gasteiger partial charge is 0.491 e. The number of imidazole rings is 1. The van der Waals surface area contributed by atoms with Crippen LogP contribution in [0.2, 0.25) is 0 Å².